The van der Waals surface area contributed by atoms with Gasteiger partial charge in [0.05, 0.1) is 28.6 Å². The van der Waals surface area contributed by atoms with Gasteiger partial charge in [0.25, 0.3) is 0 Å². The second kappa shape index (κ2) is 15.7. The average Bonchev–Trinajstić information content (AvgIpc) is 3.78. The molecule has 0 fully saturated rings. The minimum Gasteiger partial charge on any atom is -0.501 e. The fourth-order valence-corrected chi connectivity index (χ4v) is 7.14. The van der Waals surface area contributed by atoms with Crippen molar-refractivity contribution in [2.75, 3.05) is 0 Å². The second-order valence-electron chi connectivity index (χ2n) is 14.0. The van der Waals surface area contributed by atoms with Crippen molar-refractivity contribution in [3.63, 3.8) is 0 Å². The minimum atomic E-state index is 0. The molecule has 9 rings (SSSR count). The molecule has 0 N–H and O–H groups in total. The van der Waals surface area contributed by atoms with Crippen LogP contribution >= 0.6 is 0 Å². The van der Waals surface area contributed by atoms with E-state index in [1.54, 1.807) is 0 Å². The van der Waals surface area contributed by atoms with Crippen molar-refractivity contribution in [2.45, 2.75) is 46.5 Å². The fourth-order valence-electron chi connectivity index (χ4n) is 7.14. The predicted molar refractivity (Wildman–Crippen MR) is 217 cm³/mol. The van der Waals surface area contributed by atoms with Gasteiger partial charge in [0.1, 0.15) is 5.58 Å². The van der Waals surface area contributed by atoms with Gasteiger partial charge in [0, 0.05) is 43.6 Å². The summed E-state index contributed by atoms with van der Waals surface area (Å²) in [5.41, 5.74) is 13.7. The molecule has 0 unspecified atom stereocenters. The monoisotopic (exact) mass is 881 g/mol. The molecule has 0 saturated carbocycles. The standard InChI is InChI=1S/C31H28N3O.C17H12N.Ir/c1-18(2)21-11-8-12-22(19(3)4)29(21)34-28-20(5)16-32-17-26(28)33-31(34)25-14-9-13-24-23-10-6-7-15-27(23)35-30(24)25;1-3-7-14(8-4-1)16-11-12-18-17(13-16)15-9-5-2-6-10-15;/h6-13,15-19H,1-5H3;1-9,11-13H;/q2*-1;. The Bertz CT molecular complexity index is 2610. The largest absolute Gasteiger partial charge is 0.501 e. The smallest absolute Gasteiger partial charge is 0.120 e. The van der Waals surface area contributed by atoms with E-state index in [1.165, 1.54) is 27.9 Å². The molecule has 54 heavy (non-hydrogen) atoms. The van der Waals surface area contributed by atoms with Crippen molar-refractivity contribution in [3.05, 3.63) is 169 Å². The number of benzene rings is 5. The number of hydrogen-bond acceptors (Lipinski definition) is 4. The van der Waals surface area contributed by atoms with E-state index in [4.69, 9.17) is 9.40 Å². The molecule has 0 aliphatic heterocycles. The Morgan fingerprint density at radius 2 is 1.43 bits per heavy atom. The first-order chi connectivity index (χ1) is 25.9. The Balaban J connectivity index is 0.000000200. The number of fused-ring (bicyclic) bond motifs is 4. The van der Waals surface area contributed by atoms with Gasteiger partial charge in [-0.05, 0) is 64.4 Å². The first kappa shape index (κ1) is 36.7. The van der Waals surface area contributed by atoms with Gasteiger partial charge in [0.15, 0.2) is 0 Å². The number of furan rings is 1. The molecule has 269 valence electrons. The van der Waals surface area contributed by atoms with E-state index in [0.29, 0.717) is 11.8 Å². The first-order valence-electron chi connectivity index (χ1n) is 18.2. The molecule has 0 saturated heterocycles. The number of imidazole rings is 1. The number of para-hydroxylation sites is 2. The van der Waals surface area contributed by atoms with Gasteiger partial charge in [-0.15, -0.1) is 54.1 Å². The number of pyridine rings is 2. The number of hydrogen-bond donors (Lipinski definition) is 0. The van der Waals surface area contributed by atoms with Crippen molar-refractivity contribution < 1.29 is 24.5 Å². The third-order valence-corrected chi connectivity index (χ3v) is 9.72. The van der Waals surface area contributed by atoms with Crippen LogP contribution in [0.4, 0.5) is 0 Å². The van der Waals surface area contributed by atoms with Gasteiger partial charge in [-0.3, -0.25) is 9.97 Å². The molecule has 0 aliphatic carbocycles. The molecule has 0 aliphatic rings. The van der Waals surface area contributed by atoms with E-state index in [9.17, 15) is 0 Å². The Morgan fingerprint density at radius 1 is 0.685 bits per heavy atom. The predicted octanol–water partition coefficient (Wildman–Crippen LogP) is 12.6. The summed E-state index contributed by atoms with van der Waals surface area (Å²) < 4.78 is 8.74. The molecule has 5 nitrogen and oxygen atoms in total. The van der Waals surface area contributed by atoms with Gasteiger partial charge < -0.3 is 14.0 Å². The molecule has 9 aromatic rings. The zero-order valence-electron chi connectivity index (χ0n) is 31.0. The quantitative estimate of drug-likeness (QED) is 0.156. The van der Waals surface area contributed by atoms with Crippen LogP contribution in [0.3, 0.4) is 0 Å². The van der Waals surface area contributed by atoms with Crippen molar-refractivity contribution in [3.8, 4) is 39.5 Å². The number of aromatic nitrogens is 4. The molecule has 5 aromatic carbocycles. The molecule has 0 bridgehead atoms. The maximum absolute atomic E-state index is 6.41. The summed E-state index contributed by atoms with van der Waals surface area (Å²) in [6.45, 7) is 11.1. The van der Waals surface area contributed by atoms with Crippen LogP contribution in [0.15, 0.2) is 144 Å². The van der Waals surface area contributed by atoms with Crippen LogP contribution in [0.5, 0.6) is 0 Å². The second-order valence-corrected chi connectivity index (χ2v) is 14.0. The van der Waals surface area contributed by atoms with Crippen LogP contribution < -0.4 is 0 Å². The molecule has 0 spiro atoms. The molecule has 4 heterocycles. The van der Waals surface area contributed by atoms with Crippen molar-refractivity contribution >= 4 is 33.0 Å². The van der Waals surface area contributed by atoms with E-state index in [0.717, 1.165) is 61.2 Å². The SMILES string of the molecule is Cc1cncc2nc(-c3[c-]ccc4c3oc3ccccc34)n(-c3c(C(C)C)cccc3C(C)C)c12.[Ir].[c-]1ccccc1-c1cc(-c2ccccc2)ccn1. The van der Waals surface area contributed by atoms with Crippen LogP contribution in [-0.4, -0.2) is 19.5 Å². The van der Waals surface area contributed by atoms with Gasteiger partial charge in [-0.2, -0.15) is 0 Å². The molecular weight excluding hydrogens is 841 g/mol. The van der Waals surface area contributed by atoms with Crippen molar-refractivity contribution in [2.24, 2.45) is 0 Å². The number of aryl methyl sites for hydroxylation is 1. The fraction of sp³-hybridized carbons (Fsp3) is 0.146. The van der Waals surface area contributed by atoms with E-state index < -0.39 is 0 Å². The summed E-state index contributed by atoms with van der Waals surface area (Å²) in [6.07, 6.45) is 5.62. The zero-order chi connectivity index (χ0) is 36.5. The number of rotatable bonds is 6. The van der Waals surface area contributed by atoms with Crippen LogP contribution in [0.1, 0.15) is 56.2 Å². The van der Waals surface area contributed by atoms with E-state index in [2.05, 4.69) is 110 Å². The normalized spacial score (nSPS) is 11.2. The van der Waals surface area contributed by atoms with E-state index in [-0.39, 0.29) is 20.1 Å². The summed E-state index contributed by atoms with van der Waals surface area (Å²) >= 11 is 0. The summed E-state index contributed by atoms with van der Waals surface area (Å²) in [5, 5.41) is 2.17. The molecule has 1 radical (unpaired) electrons. The van der Waals surface area contributed by atoms with Crippen LogP contribution in [0.2, 0.25) is 0 Å². The van der Waals surface area contributed by atoms with Crippen LogP contribution in [0, 0.1) is 19.1 Å². The van der Waals surface area contributed by atoms with Crippen LogP contribution in [-0.2, 0) is 20.1 Å². The van der Waals surface area contributed by atoms with Crippen molar-refractivity contribution in [1.82, 2.24) is 19.5 Å². The van der Waals surface area contributed by atoms with Gasteiger partial charge in [0.2, 0.25) is 0 Å². The molecule has 6 heteroatoms. The van der Waals surface area contributed by atoms with Crippen molar-refractivity contribution in [1.29, 1.82) is 0 Å². The molecule has 4 aromatic heterocycles. The topological polar surface area (TPSA) is 56.7 Å². The zero-order valence-corrected chi connectivity index (χ0v) is 33.4. The third-order valence-electron chi connectivity index (χ3n) is 9.72. The maximum atomic E-state index is 6.41. The Hall–Kier alpha value is -5.68. The maximum Gasteiger partial charge on any atom is 0.120 e. The molecule has 0 amide bonds. The van der Waals surface area contributed by atoms with Gasteiger partial charge in [-0.1, -0.05) is 111 Å². The minimum absolute atomic E-state index is 0. The summed E-state index contributed by atoms with van der Waals surface area (Å²) in [6, 6.07) is 47.9. The van der Waals surface area contributed by atoms with Gasteiger partial charge in [-0.25, -0.2) is 0 Å². The summed E-state index contributed by atoms with van der Waals surface area (Å²) in [5.74, 6) is 1.53. The Morgan fingerprint density at radius 3 is 2.17 bits per heavy atom. The third kappa shape index (κ3) is 6.91. The summed E-state index contributed by atoms with van der Waals surface area (Å²) in [7, 11) is 0. The van der Waals surface area contributed by atoms with E-state index in [1.807, 2.05) is 91.4 Å². The number of nitrogens with zero attached hydrogens (tertiary/aromatic N) is 4. The Labute approximate surface area is 330 Å². The average molecular weight is 881 g/mol. The summed E-state index contributed by atoms with van der Waals surface area (Å²) in [4.78, 5) is 14.0. The van der Waals surface area contributed by atoms with E-state index >= 15 is 0 Å². The first-order valence-corrected chi connectivity index (χ1v) is 18.2. The molecular formula is C48H40IrN4O-2. The Kier molecular flexibility index (Phi) is 10.7. The van der Waals surface area contributed by atoms with Crippen LogP contribution in [0.25, 0.3) is 72.4 Å². The molecule has 0 atom stereocenters. The van der Waals surface area contributed by atoms with Gasteiger partial charge >= 0.3 is 0 Å².